The molecule has 2 aromatic rings. The van der Waals surface area contributed by atoms with Gasteiger partial charge in [-0.25, -0.2) is 8.42 Å². The van der Waals surface area contributed by atoms with E-state index in [-0.39, 0.29) is 29.8 Å². The fourth-order valence-electron chi connectivity index (χ4n) is 4.24. The number of anilines is 2. The average Bonchev–Trinajstić information content (AvgIpc) is 2.83. The predicted octanol–water partition coefficient (Wildman–Crippen LogP) is 2.34. The molecule has 33 heavy (non-hydrogen) atoms. The molecule has 2 aliphatic heterocycles. The molecule has 0 spiro atoms. The Morgan fingerprint density at radius 1 is 1.18 bits per heavy atom. The monoisotopic (exact) mass is 476 g/mol. The smallest absolute Gasteiger partial charge is 0.270 e. The Morgan fingerprint density at radius 2 is 1.91 bits per heavy atom. The van der Waals surface area contributed by atoms with Crippen molar-refractivity contribution in [2.45, 2.75) is 17.9 Å². The maximum absolute atomic E-state index is 13.4. The fraction of sp³-hybridized carbons (Fsp3) is 0.455. The molecule has 0 radical (unpaired) electrons. The lowest BCUT2D eigenvalue weighted by Crippen LogP contribution is -2.46. The highest BCUT2D eigenvalue weighted by Gasteiger charge is 2.33. The number of morpholine rings is 1. The van der Waals surface area contributed by atoms with Crippen LogP contribution in [0.5, 0.6) is 5.75 Å². The third-order valence-electron chi connectivity index (χ3n) is 5.94. The minimum absolute atomic E-state index is 0.0790. The van der Waals surface area contributed by atoms with Gasteiger partial charge in [0.15, 0.2) is 0 Å². The van der Waals surface area contributed by atoms with Crippen LogP contribution in [-0.4, -0.2) is 76.7 Å². The summed E-state index contributed by atoms with van der Waals surface area (Å²) in [7, 11) is -2.17. The summed E-state index contributed by atoms with van der Waals surface area (Å²) in [6, 6.07) is 11.8. The lowest BCUT2D eigenvalue weighted by molar-refractivity contribution is -0.385. The van der Waals surface area contributed by atoms with E-state index in [0.717, 1.165) is 24.0 Å². The van der Waals surface area contributed by atoms with Gasteiger partial charge in [-0.2, -0.15) is 4.31 Å². The van der Waals surface area contributed by atoms with Gasteiger partial charge in [0.2, 0.25) is 10.0 Å². The van der Waals surface area contributed by atoms with Crippen molar-refractivity contribution >= 4 is 27.1 Å². The summed E-state index contributed by atoms with van der Waals surface area (Å²) >= 11 is 0. The highest BCUT2D eigenvalue weighted by molar-refractivity contribution is 7.89. The molecule has 178 valence electrons. The van der Waals surface area contributed by atoms with E-state index in [4.69, 9.17) is 9.47 Å². The third kappa shape index (κ3) is 4.75. The second-order valence-electron chi connectivity index (χ2n) is 8.05. The first kappa shape index (κ1) is 23.3. The molecule has 0 saturated carbocycles. The van der Waals surface area contributed by atoms with Crippen LogP contribution in [0.3, 0.4) is 0 Å². The quantitative estimate of drug-likeness (QED) is 0.443. The molecule has 10 nitrogen and oxygen atoms in total. The summed E-state index contributed by atoms with van der Waals surface area (Å²) in [5.41, 5.74) is 1.17. The van der Waals surface area contributed by atoms with Crippen molar-refractivity contribution in [3.05, 3.63) is 52.6 Å². The van der Waals surface area contributed by atoms with Crippen molar-refractivity contribution in [2.24, 2.45) is 0 Å². The summed E-state index contributed by atoms with van der Waals surface area (Å²) in [6.45, 7) is 4.96. The molecular weight excluding hydrogens is 448 g/mol. The number of nitro benzene ring substituents is 1. The molecule has 0 unspecified atom stereocenters. The first-order valence-electron chi connectivity index (χ1n) is 10.9. The van der Waals surface area contributed by atoms with E-state index < -0.39 is 14.9 Å². The van der Waals surface area contributed by atoms with E-state index >= 15 is 0 Å². The highest BCUT2D eigenvalue weighted by atomic mass is 32.2. The van der Waals surface area contributed by atoms with Gasteiger partial charge in [-0.15, -0.1) is 0 Å². The van der Waals surface area contributed by atoms with E-state index in [2.05, 4.69) is 11.8 Å². The van der Waals surface area contributed by atoms with Crippen LogP contribution in [0, 0.1) is 10.1 Å². The van der Waals surface area contributed by atoms with Crippen molar-refractivity contribution in [3.63, 3.8) is 0 Å². The molecule has 0 amide bonds. The number of ether oxygens (including phenoxy) is 2. The number of nitrogens with zero attached hydrogens (tertiary/aromatic N) is 4. The Morgan fingerprint density at radius 3 is 2.61 bits per heavy atom. The van der Waals surface area contributed by atoms with E-state index in [9.17, 15) is 18.5 Å². The molecule has 4 rings (SSSR count). The molecule has 2 heterocycles. The zero-order valence-electron chi connectivity index (χ0n) is 18.7. The maximum atomic E-state index is 13.4. The van der Waals surface area contributed by atoms with Crippen LogP contribution in [0.2, 0.25) is 0 Å². The standard InChI is InChI=1S/C22H28N4O6S/c1-3-24-16-18(32-21-7-5-4-6-19(21)24)15-23(2)20-9-8-17(26(27)28)14-22(20)33(29,30)25-10-12-31-13-11-25/h4-9,14,18H,3,10-13,15-16H2,1-2H3/t18-/m0/s1. The SMILES string of the molecule is CCN1C[C@H](CN(C)c2ccc([N+](=O)[O-])cc2S(=O)(=O)N2CCOCC2)Oc2ccccc21. The average molecular weight is 477 g/mol. The Labute approximate surface area is 193 Å². The Kier molecular flexibility index (Phi) is 6.73. The van der Waals surface area contributed by atoms with Crippen LogP contribution < -0.4 is 14.5 Å². The minimum atomic E-state index is -3.94. The first-order valence-corrected chi connectivity index (χ1v) is 12.3. The zero-order valence-corrected chi connectivity index (χ0v) is 19.5. The Bertz CT molecular complexity index is 1120. The van der Waals surface area contributed by atoms with Crippen LogP contribution in [-0.2, 0) is 14.8 Å². The van der Waals surface area contributed by atoms with Gasteiger partial charge in [-0.3, -0.25) is 10.1 Å². The molecule has 0 aromatic heterocycles. The number of non-ortho nitro benzene ring substituents is 1. The lowest BCUT2D eigenvalue weighted by Gasteiger charge is -2.38. The number of fused-ring (bicyclic) bond motifs is 1. The molecule has 2 aromatic carbocycles. The van der Waals surface area contributed by atoms with E-state index in [1.807, 2.05) is 24.3 Å². The van der Waals surface area contributed by atoms with Crippen LogP contribution >= 0.6 is 0 Å². The van der Waals surface area contributed by atoms with E-state index in [1.54, 1.807) is 11.9 Å². The second kappa shape index (κ2) is 9.54. The number of likely N-dealkylation sites (N-methyl/N-ethyl adjacent to an activating group) is 2. The fourth-order valence-corrected chi connectivity index (χ4v) is 5.91. The molecular formula is C22H28N4O6S. The summed E-state index contributed by atoms with van der Waals surface area (Å²) in [5.74, 6) is 0.786. The number of benzene rings is 2. The Balaban J connectivity index is 1.63. The van der Waals surface area contributed by atoms with Crippen molar-refractivity contribution in [2.75, 3.05) is 62.8 Å². The largest absolute Gasteiger partial charge is 0.485 e. The summed E-state index contributed by atoms with van der Waals surface area (Å²) in [4.78, 5) is 14.7. The number of rotatable bonds is 7. The lowest BCUT2D eigenvalue weighted by atomic mass is 10.1. The molecule has 0 bridgehead atoms. The third-order valence-corrected chi connectivity index (χ3v) is 7.86. The molecule has 1 atom stereocenters. The van der Waals surface area contributed by atoms with Crippen molar-refractivity contribution in [1.82, 2.24) is 4.31 Å². The minimum Gasteiger partial charge on any atom is -0.485 e. The summed E-state index contributed by atoms with van der Waals surface area (Å²) in [6.07, 6.45) is -0.209. The summed E-state index contributed by atoms with van der Waals surface area (Å²) in [5, 5.41) is 11.4. The second-order valence-corrected chi connectivity index (χ2v) is 9.96. The number of hydrogen-bond acceptors (Lipinski definition) is 8. The van der Waals surface area contributed by atoms with Crippen molar-refractivity contribution < 1.29 is 22.8 Å². The molecule has 0 N–H and O–H groups in total. The normalized spacial score (nSPS) is 19.0. The number of sulfonamides is 1. The van der Waals surface area contributed by atoms with Crippen molar-refractivity contribution in [1.29, 1.82) is 0 Å². The topological polar surface area (TPSA) is 105 Å². The molecule has 0 aliphatic carbocycles. The van der Waals surface area contributed by atoms with Gasteiger partial charge in [-0.05, 0) is 25.1 Å². The molecule has 2 aliphatic rings. The van der Waals surface area contributed by atoms with Crippen molar-refractivity contribution in [3.8, 4) is 5.75 Å². The maximum Gasteiger partial charge on any atom is 0.270 e. The zero-order chi connectivity index (χ0) is 23.6. The number of nitro groups is 1. The molecule has 11 heteroatoms. The molecule has 1 saturated heterocycles. The van der Waals surface area contributed by atoms with E-state index in [1.165, 1.54) is 16.4 Å². The van der Waals surface area contributed by atoms with Gasteiger partial charge < -0.3 is 19.3 Å². The van der Waals surface area contributed by atoms with E-state index in [0.29, 0.717) is 32.0 Å². The van der Waals surface area contributed by atoms with Gasteiger partial charge in [0.1, 0.15) is 16.7 Å². The van der Waals surface area contributed by atoms with Gasteiger partial charge in [0.25, 0.3) is 5.69 Å². The van der Waals surface area contributed by atoms with Gasteiger partial charge in [0, 0.05) is 38.8 Å². The molecule has 1 fully saturated rings. The van der Waals surface area contributed by atoms with Gasteiger partial charge in [0.05, 0.1) is 42.6 Å². The predicted molar refractivity (Wildman–Crippen MR) is 125 cm³/mol. The summed E-state index contributed by atoms with van der Waals surface area (Å²) < 4.78 is 39.6. The highest BCUT2D eigenvalue weighted by Crippen LogP contribution is 2.35. The number of para-hydroxylation sites is 2. The van der Waals surface area contributed by atoms with Gasteiger partial charge in [-0.1, -0.05) is 12.1 Å². The van der Waals surface area contributed by atoms with Crippen LogP contribution in [0.25, 0.3) is 0 Å². The Hall–Kier alpha value is -2.89. The first-order chi connectivity index (χ1) is 15.8. The van der Waals surface area contributed by atoms with Crippen LogP contribution in [0.4, 0.5) is 17.1 Å². The number of hydrogen-bond donors (Lipinski definition) is 0. The van der Waals surface area contributed by atoms with Gasteiger partial charge >= 0.3 is 0 Å². The van der Waals surface area contributed by atoms with Crippen LogP contribution in [0.1, 0.15) is 6.92 Å². The van der Waals surface area contributed by atoms with Crippen LogP contribution in [0.15, 0.2) is 47.4 Å².